The number of rotatable bonds is 3. The van der Waals surface area contributed by atoms with E-state index in [0.717, 1.165) is 67.0 Å². The minimum atomic E-state index is -0.138. The Hall–Kier alpha value is -2.84. The summed E-state index contributed by atoms with van der Waals surface area (Å²) in [7, 11) is 0. The van der Waals surface area contributed by atoms with E-state index in [9.17, 15) is 4.79 Å². The summed E-state index contributed by atoms with van der Waals surface area (Å²) < 4.78 is 2.25. The average molecular weight is 363 g/mol. The summed E-state index contributed by atoms with van der Waals surface area (Å²) in [6.07, 6.45) is 3.81. The van der Waals surface area contributed by atoms with Gasteiger partial charge in [0.1, 0.15) is 5.82 Å². The van der Waals surface area contributed by atoms with Gasteiger partial charge in [-0.25, -0.2) is 4.98 Å². The number of carbonyl (C=O) groups is 1. The van der Waals surface area contributed by atoms with Gasteiger partial charge in [-0.1, -0.05) is 6.07 Å². The van der Waals surface area contributed by atoms with Gasteiger partial charge < -0.3 is 20.5 Å². The maximum absolute atomic E-state index is 12.3. The van der Waals surface area contributed by atoms with E-state index in [4.69, 9.17) is 0 Å². The van der Waals surface area contributed by atoms with Crippen molar-refractivity contribution >= 4 is 22.6 Å². The molecular weight excluding hydrogens is 342 g/mol. The van der Waals surface area contributed by atoms with Crippen LogP contribution in [0.25, 0.3) is 22.2 Å². The minimum absolute atomic E-state index is 0.0466. The van der Waals surface area contributed by atoms with Gasteiger partial charge in [0, 0.05) is 24.0 Å². The fraction of sp³-hybridized carbons (Fsp3) is 0.368. The Morgan fingerprint density at radius 1 is 1.22 bits per heavy atom. The van der Waals surface area contributed by atoms with Crippen molar-refractivity contribution in [3.63, 3.8) is 0 Å². The molecule has 2 aliphatic rings. The summed E-state index contributed by atoms with van der Waals surface area (Å²) in [6, 6.07) is 7.83. The second-order valence-corrected chi connectivity index (χ2v) is 7.03. The molecule has 0 radical (unpaired) electrons. The summed E-state index contributed by atoms with van der Waals surface area (Å²) in [5.41, 5.74) is 2.99. The third-order valence-corrected chi connectivity index (χ3v) is 5.24. The van der Waals surface area contributed by atoms with Gasteiger partial charge in [0.05, 0.1) is 30.0 Å². The molecule has 2 aromatic heterocycles. The lowest BCUT2D eigenvalue weighted by Crippen LogP contribution is -2.35. The van der Waals surface area contributed by atoms with Crippen molar-refractivity contribution in [2.45, 2.75) is 32.0 Å². The van der Waals surface area contributed by atoms with Crippen LogP contribution >= 0.6 is 0 Å². The van der Waals surface area contributed by atoms with Crippen LogP contribution in [0.1, 0.15) is 18.7 Å². The molecule has 8 heteroatoms. The number of aromatic nitrogens is 4. The molecule has 3 N–H and O–H groups in total. The van der Waals surface area contributed by atoms with Crippen molar-refractivity contribution in [1.82, 2.24) is 30.4 Å². The molecule has 1 fully saturated rings. The van der Waals surface area contributed by atoms with Crippen LogP contribution < -0.4 is 16.0 Å². The largest absolute Gasteiger partial charge is 0.326 e. The van der Waals surface area contributed by atoms with Gasteiger partial charge in [0.2, 0.25) is 5.91 Å². The van der Waals surface area contributed by atoms with Crippen LogP contribution in [0.3, 0.4) is 0 Å². The van der Waals surface area contributed by atoms with Crippen LogP contribution in [0, 0.1) is 0 Å². The third kappa shape index (κ3) is 3.07. The van der Waals surface area contributed by atoms with Crippen molar-refractivity contribution in [3.8, 4) is 11.3 Å². The molecule has 1 aromatic carbocycles. The Morgan fingerprint density at radius 3 is 3.07 bits per heavy atom. The third-order valence-electron chi connectivity index (χ3n) is 5.24. The quantitative estimate of drug-likeness (QED) is 0.649. The fourth-order valence-corrected chi connectivity index (χ4v) is 3.81. The van der Waals surface area contributed by atoms with Crippen molar-refractivity contribution < 1.29 is 4.79 Å². The highest BCUT2D eigenvalue weighted by Gasteiger charge is 2.22. The van der Waals surface area contributed by atoms with Crippen molar-refractivity contribution in [3.05, 3.63) is 36.3 Å². The summed E-state index contributed by atoms with van der Waals surface area (Å²) in [4.78, 5) is 16.8. The first-order valence-corrected chi connectivity index (χ1v) is 9.35. The lowest BCUT2D eigenvalue weighted by Gasteiger charge is -2.17. The number of hydrogen-bond donors (Lipinski definition) is 3. The SMILES string of the molecule is O=C(Nc1cc2cc(-c3cnc4n3CCNC4)ccc2nn1)[C@H]1CCCN1. The zero-order chi connectivity index (χ0) is 18.2. The summed E-state index contributed by atoms with van der Waals surface area (Å²) in [5.74, 6) is 1.49. The number of nitrogens with zero attached hydrogens (tertiary/aromatic N) is 4. The lowest BCUT2D eigenvalue weighted by molar-refractivity contribution is -0.117. The molecule has 5 rings (SSSR count). The lowest BCUT2D eigenvalue weighted by atomic mass is 10.1. The molecule has 4 heterocycles. The molecule has 0 saturated carbocycles. The number of nitrogens with one attached hydrogen (secondary N) is 3. The van der Waals surface area contributed by atoms with Gasteiger partial charge >= 0.3 is 0 Å². The number of amides is 1. The van der Waals surface area contributed by atoms with Gasteiger partial charge in [0.25, 0.3) is 0 Å². The first kappa shape index (κ1) is 16.3. The molecule has 0 spiro atoms. The maximum atomic E-state index is 12.3. The summed E-state index contributed by atoms with van der Waals surface area (Å²) >= 11 is 0. The number of carbonyl (C=O) groups excluding carboxylic acids is 1. The smallest absolute Gasteiger partial charge is 0.242 e. The standard InChI is InChI=1S/C19H21N7O/c27-19(15-2-1-5-21-15)23-17-9-13-8-12(3-4-14(13)24-25-17)16-10-22-18-11-20-6-7-26(16)18/h3-4,8-10,15,20-21H,1-2,5-7,11H2,(H,23,25,27)/t15-/m1/s1. The average Bonchev–Trinajstić information content (AvgIpc) is 3.37. The molecule has 2 aliphatic heterocycles. The van der Waals surface area contributed by atoms with Crippen molar-refractivity contribution in [2.75, 3.05) is 18.4 Å². The molecule has 27 heavy (non-hydrogen) atoms. The number of benzene rings is 1. The van der Waals surface area contributed by atoms with E-state index in [-0.39, 0.29) is 11.9 Å². The molecule has 1 amide bonds. The second kappa shape index (κ2) is 6.71. The van der Waals surface area contributed by atoms with E-state index in [1.165, 1.54) is 0 Å². The second-order valence-electron chi connectivity index (χ2n) is 7.03. The topological polar surface area (TPSA) is 96.8 Å². The molecule has 1 atom stereocenters. The van der Waals surface area contributed by atoms with Gasteiger partial charge in [-0.05, 0) is 37.6 Å². The van der Waals surface area contributed by atoms with Crippen LogP contribution in [0.5, 0.6) is 0 Å². The van der Waals surface area contributed by atoms with Gasteiger partial charge in [-0.2, -0.15) is 0 Å². The van der Waals surface area contributed by atoms with E-state index in [2.05, 4.69) is 41.8 Å². The first-order chi connectivity index (χ1) is 13.3. The molecule has 0 aliphatic carbocycles. The van der Waals surface area contributed by atoms with Gasteiger partial charge in [0.15, 0.2) is 5.82 Å². The zero-order valence-corrected chi connectivity index (χ0v) is 14.9. The van der Waals surface area contributed by atoms with E-state index in [1.807, 2.05) is 24.4 Å². The highest BCUT2D eigenvalue weighted by atomic mass is 16.2. The molecule has 0 bridgehead atoms. The number of fused-ring (bicyclic) bond motifs is 2. The number of anilines is 1. The summed E-state index contributed by atoms with van der Waals surface area (Å²) in [5, 5.41) is 18.8. The Labute approximate surface area is 156 Å². The summed E-state index contributed by atoms with van der Waals surface area (Å²) in [6.45, 7) is 3.54. The van der Waals surface area contributed by atoms with Crippen LogP contribution in [0.15, 0.2) is 30.5 Å². The monoisotopic (exact) mass is 363 g/mol. The number of imidazole rings is 1. The molecular formula is C19H21N7O. The van der Waals surface area contributed by atoms with Gasteiger partial charge in [-0.3, -0.25) is 4.79 Å². The van der Waals surface area contributed by atoms with E-state index in [1.54, 1.807) is 0 Å². The minimum Gasteiger partial charge on any atom is -0.326 e. The molecule has 138 valence electrons. The van der Waals surface area contributed by atoms with Crippen molar-refractivity contribution in [1.29, 1.82) is 0 Å². The molecule has 3 aromatic rings. The highest BCUT2D eigenvalue weighted by Crippen LogP contribution is 2.26. The normalized spacial score (nSPS) is 19.2. The highest BCUT2D eigenvalue weighted by molar-refractivity contribution is 5.96. The van der Waals surface area contributed by atoms with Crippen LogP contribution in [0.4, 0.5) is 5.82 Å². The van der Waals surface area contributed by atoms with Gasteiger partial charge in [-0.15, -0.1) is 10.2 Å². The van der Waals surface area contributed by atoms with E-state index in [0.29, 0.717) is 5.82 Å². The Balaban J connectivity index is 1.46. The number of hydrogen-bond acceptors (Lipinski definition) is 6. The Morgan fingerprint density at radius 2 is 2.19 bits per heavy atom. The predicted octanol–water partition coefficient (Wildman–Crippen LogP) is 1.29. The van der Waals surface area contributed by atoms with E-state index >= 15 is 0 Å². The Bertz CT molecular complexity index is 1010. The first-order valence-electron chi connectivity index (χ1n) is 9.35. The van der Waals surface area contributed by atoms with Crippen LogP contribution in [-0.4, -0.2) is 44.8 Å². The molecule has 1 saturated heterocycles. The Kier molecular flexibility index (Phi) is 4.06. The predicted molar refractivity (Wildman–Crippen MR) is 102 cm³/mol. The zero-order valence-electron chi connectivity index (χ0n) is 14.9. The maximum Gasteiger partial charge on any atom is 0.242 e. The van der Waals surface area contributed by atoms with Crippen LogP contribution in [-0.2, 0) is 17.9 Å². The molecule has 0 unspecified atom stereocenters. The fourth-order valence-electron chi connectivity index (χ4n) is 3.81. The van der Waals surface area contributed by atoms with Crippen LogP contribution in [0.2, 0.25) is 0 Å². The molecule has 8 nitrogen and oxygen atoms in total. The van der Waals surface area contributed by atoms with Crippen molar-refractivity contribution in [2.24, 2.45) is 0 Å². The van der Waals surface area contributed by atoms with E-state index < -0.39 is 0 Å².